The molecule has 0 saturated heterocycles. The average molecular weight is 166 g/mol. The Morgan fingerprint density at radius 2 is 2.18 bits per heavy atom. The maximum Gasteiger partial charge on any atom is 0.156 e. The van der Waals surface area contributed by atoms with Gasteiger partial charge in [-0.15, -0.1) is 0 Å². The number of fused-ring (bicyclic) bond motifs is 1. The molecule has 0 aromatic heterocycles. The van der Waals surface area contributed by atoms with E-state index < -0.39 is 0 Å². The zero-order valence-electron chi connectivity index (χ0n) is 6.61. The summed E-state index contributed by atoms with van der Waals surface area (Å²) in [5, 5.41) is 1.63. The summed E-state index contributed by atoms with van der Waals surface area (Å²) in [6, 6.07) is 0. The quantitative estimate of drug-likeness (QED) is 0.539. The molecular weight excluding hydrogens is 156 g/mol. The van der Waals surface area contributed by atoms with Crippen LogP contribution in [0.4, 0.5) is 0 Å². The summed E-state index contributed by atoms with van der Waals surface area (Å²) in [4.78, 5) is 8.82. The Morgan fingerprint density at radius 1 is 1.36 bits per heavy atom. The van der Waals surface area contributed by atoms with E-state index in [-0.39, 0.29) is 6.17 Å². The molecule has 0 aromatic carbocycles. The van der Waals surface area contributed by atoms with Crippen molar-refractivity contribution in [1.29, 1.82) is 0 Å². The third kappa shape index (κ3) is 1.25. The summed E-state index contributed by atoms with van der Waals surface area (Å²) in [6.45, 7) is 4.06. The normalized spacial score (nSPS) is 34.7. The van der Waals surface area contributed by atoms with Gasteiger partial charge in [0.05, 0.1) is 10.3 Å². The van der Waals surface area contributed by atoms with E-state index in [9.17, 15) is 0 Å². The van der Waals surface area contributed by atoms with Crippen molar-refractivity contribution < 1.29 is 0 Å². The van der Waals surface area contributed by atoms with E-state index in [0.717, 1.165) is 10.8 Å². The number of allylic oxidation sites excluding steroid dienone is 1. The van der Waals surface area contributed by atoms with Crippen LogP contribution in [0.3, 0.4) is 0 Å². The van der Waals surface area contributed by atoms with Crippen molar-refractivity contribution in [3.8, 4) is 0 Å². The third-order valence-corrected chi connectivity index (χ3v) is 2.90. The van der Waals surface area contributed by atoms with Crippen LogP contribution >= 0.6 is 11.8 Å². The first-order valence-corrected chi connectivity index (χ1v) is 4.57. The molecular formula is C8H10N2S. The molecule has 2 aliphatic heterocycles. The van der Waals surface area contributed by atoms with E-state index in [0.29, 0.717) is 5.25 Å². The molecule has 2 rings (SSSR count). The van der Waals surface area contributed by atoms with Crippen LogP contribution in [0.1, 0.15) is 13.8 Å². The average Bonchev–Trinajstić information content (AvgIpc) is 2.27. The highest BCUT2D eigenvalue weighted by atomic mass is 32.2. The van der Waals surface area contributed by atoms with Crippen molar-refractivity contribution in [2.75, 3.05) is 0 Å². The summed E-state index contributed by atoms with van der Waals surface area (Å²) < 4.78 is 0. The summed E-state index contributed by atoms with van der Waals surface area (Å²) in [6.07, 6.45) is 4.44. The Balaban J connectivity index is 2.26. The van der Waals surface area contributed by atoms with E-state index in [1.165, 1.54) is 0 Å². The van der Waals surface area contributed by atoms with Crippen molar-refractivity contribution in [2.45, 2.75) is 25.3 Å². The van der Waals surface area contributed by atoms with Gasteiger partial charge in [-0.2, -0.15) is 0 Å². The first-order valence-electron chi connectivity index (χ1n) is 3.69. The van der Waals surface area contributed by atoms with Crippen LogP contribution in [0.25, 0.3) is 0 Å². The highest BCUT2D eigenvalue weighted by Gasteiger charge is 2.27. The van der Waals surface area contributed by atoms with Gasteiger partial charge in [0.2, 0.25) is 0 Å². The van der Waals surface area contributed by atoms with Crippen LogP contribution in [-0.4, -0.2) is 22.2 Å². The molecule has 0 N–H and O–H groups in total. The van der Waals surface area contributed by atoms with Gasteiger partial charge in [-0.1, -0.05) is 17.8 Å². The standard InChI is InChI=1S/C8H10N2S/c1-5-3-4-7-8(9-5)10-6(2)11-7/h3-4,7-8H,1-2H3. The maximum absolute atomic E-state index is 4.42. The molecule has 3 heteroatoms. The second-order valence-corrected chi connectivity index (χ2v) is 4.14. The molecule has 2 nitrogen and oxygen atoms in total. The zero-order valence-corrected chi connectivity index (χ0v) is 7.43. The lowest BCUT2D eigenvalue weighted by atomic mass is 10.2. The fourth-order valence-corrected chi connectivity index (χ4v) is 2.24. The zero-order chi connectivity index (χ0) is 7.84. The minimum absolute atomic E-state index is 0.171. The van der Waals surface area contributed by atoms with Crippen LogP contribution in [0.2, 0.25) is 0 Å². The second-order valence-electron chi connectivity index (χ2n) is 2.77. The summed E-state index contributed by atoms with van der Waals surface area (Å²) in [7, 11) is 0. The largest absolute Gasteiger partial charge is 0.262 e. The van der Waals surface area contributed by atoms with E-state index in [1.54, 1.807) is 0 Å². The van der Waals surface area contributed by atoms with Gasteiger partial charge in [0.1, 0.15) is 0 Å². The number of nitrogens with zero attached hydrogens (tertiary/aromatic N) is 2. The smallest absolute Gasteiger partial charge is 0.156 e. The van der Waals surface area contributed by atoms with Crippen LogP contribution in [0.5, 0.6) is 0 Å². The molecule has 0 saturated carbocycles. The predicted octanol–water partition coefficient (Wildman–Crippen LogP) is 1.88. The molecule has 11 heavy (non-hydrogen) atoms. The topological polar surface area (TPSA) is 24.7 Å². The molecule has 0 radical (unpaired) electrons. The minimum atomic E-state index is 0.171. The molecule has 0 bridgehead atoms. The Labute approximate surface area is 70.5 Å². The Kier molecular flexibility index (Phi) is 1.60. The van der Waals surface area contributed by atoms with Crippen LogP contribution in [0, 0.1) is 0 Å². The number of thioether (sulfide) groups is 1. The van der Waals surface area contributed by atoms with E-state index in [4.69, 9.17) is 0 Å². The molecule has 2 aliphatic rings. The summed E-state index contributed by atoms with van der Waals surface area (Å²) in [5.41, 5.74) is 1.09. The summed E-state index contributed by atoms with van der Waals surface area (Å²) >= 11 is 1.81. The van der Waals surface area contributed by atoms with Gasteiger partial charge >= 0.3 is 0 Å². The molecule has 0 amide bonds. The minimum Gasteiger partial charge on any atom is -0.262 e. The Morgan fingerprint density at radius 3 is 3.00 bits per heavy atom. The predicted molar refractivity (Wildman–Crippen MR) is 50.5 cm³/mol. The SMILES string of the molecule is CC1=NC2N=C(C)SC2C=C1. The Bertz CT molecular complexity index is 265. The molecule has 0 aliphatic carbocycles. The van der Waals surface area contributed by atoms with Crippen molar-refractivity contribution in [2.24, 2.45) is 9.98 Å². The van der Waals surface area contributed by atoms with Crippen LogP contribution in [0.15, 0.2) is 22.1 Å². The Hall–Kier alpha value is -0.570. The number of hydrogen-bond acceptors (Lipinski definition) is 3. The van der Waals surface area contributed by atoms with Crippen LogP contribution < -0.4 is 0 Å². The van der Waals surface area contributed by atoms with Crippen molar-refractivity contribution in [1.82, 2.24) is 0 Å². The molecule has 0 fully saturated rings. The third-order valence-electron chi connectivity index (χ3n) is 1.78. The number of rotatable bonds is 0. The number of hydrogen-bond donors (Lipinski definition) is 0. The van der Waals surface area contributed by atoms with Gasteiger partial charge < -0.3 is 0 Å². The fourth-order valence-electron chi connectivity index (χ4n) is 1.27. The lowest BCUT2D eigenvalue weighted by Crippen LogP contribution is -2.17. The second kappa shape index (κ2) is 2.48. The molecule has 0 spiro atoms. The van der Waals surface area contributed by atoms with Gasteiger partial charge in [-0.25, -0.2) is 0 Å². The first-order chi connectivity index (χ1) is 5.25. The van der Waals surface area contributed by atoms with Gasteiger partial charge in [-0.05, 0) is 19.9 Å². The first kappa shape index (κ1) is 7.10. The van der Waals surface area contributed by atoms with E-state index in [2.05, 4.69) is 22.1 Å². The highest BCUT2D eigenvalue weighted by molar-refractivity contribution is 8.14. The number of dihydropyridines is 1. The fraction of sp³-hybridized carbons (Fsp3) is 0.500. The summed E-state index contributed by atoms with van der Waals surface area (Å²) in [5.74, 6) is 0. The molecule has 2 heterocycles. The lowest BCUT2D eigenvalue weighted by molar-refractivity contribution is 0.746. The molecule has 2 atom stereocenters. The monoisotopic (exact) mass is 166 g/mol. The van der Waals surface area contributed by atoms with Crippen molar-refractivity contribution in [3.63, 3.8) is 0 Å². The van der Waals surface area contributed by atoms with E-state index in [1.807, 2.05) is 25.6 Å². The highest BCUT2D eigenvalue weighted by Crippen LogP contribution is 2.30. The lowest BCUT2D eigenvalue weighted by Gasteiger charge is -2.13. The van der Waals surface area contributed by atoms with E-state index >= 15 is 0 Å². The van der Waals surface area contributed by atoms with Gasteiger partial charge in [0.15, 0.2) is 6.17 Å². The van der Waals surface area contributed by atoms with Crippen molar-refractivity contribution >= 4 is 22.5 Å². The van der Waals surface area contributed by atoms with Gasteiger partial charge in [0, 0.05) is 5.71 Å². The van der Waals surface area contributed by atoms with Crippen LogP contribution in [-0.2, 0) is 0 Å². The molecule has 58 valence electrons. The number of aliphatic imine (C=N–C) groups is 2. The maximum atomic E-state index is 4.42. The van der Waals surface area contributed by atoms with Crippen molar-refractivity contribution in [3.05, 3.63) is 12.2 Å². The van der Waals surface area contributed by atoms with Gasteiger partial charge in [0.25, 0.3) is 0 Å². The van der Waals surface area contributed by atoms with Gasteiger partial charge in [-0.3, -0.25) is 9.98 Å². The molecule has 2 unspecified atom stereocenters. The molecule has 0 aromatic rings.